The van der Waals surface area contributed by atoms with E-state index in [9.17, 15) is 19.2 Å². The first-order valence-corrected chi connectivity index (χ1v) is 14.0. The van der Waals surface area contributed by atoms with Crippen molar-refractivity contribution in [3.05, 3.63) is 95.0 Å². The Morgan fingerprint density at radius 1 is 1.15 bits per heavy atom. The fraction of sp³-hybridized carbons (Fsp3) is 0.286. The van der Waals surface area contributed by atoms with Crippen molar-refractivity contribution < 1.29 is 19.1 Å². The number of ether oxygens (including phenoxy) is 2. The van der Waals surface area contributed by atoms with E-state index in [0.29, 0.717) is 21.8 Å². The smallest absolute Gasteiger partial charge is 0.351 e. The minimum absolute atomic E-state index is 0.143. The maximum Gasteiger partial charge on any atom is 0.351 e. The van der Waals surface area contributed by atoms with Crippen molar-refractivity contribution in [3.8, 4) is 16.9 Å². The van der Waals surface area contributed by atoms with Crippen molar-refractivity contribution in [1.82, 2.24) is 19.7 Å². The quantitative estimate of drug-likeness (QED) is 0.307. The second kappa shape index (κ2) is 10.6. The van der Waals surface area contributed by atoms with Crippen molar-refractivity contribution in [2.45, 2.75) is 39.2 Å². The molecule has 1 unspecified atom stereocenters. The normalized spacial score (nSPS) is 16.4. The van der Waals surface area contributed by atoms with Crippen molar-refractivity contribution in [1.29, 1.82) is 0 Å². The van der Waals surface area contributed by atoms with Crippen LogP contribution in [0.15, 0.2) is 58.3 Å². The van der Waals surface area contributed by atoms with E-state index in [2.05, 4.69) is 10.1 Å². The van der Waals surface area contributed by atoms with Gasteiger partial charge < -0.3 is 9.47 Å². The lowest BCUT2D eigenvalue weighted by Crippen LogP contribution is -2.34. The van der Waals surface area contributed by atoms with Crippen LogP contribution >= 0.6 is 34.5 Å². The molecule has 1 saturated heterocycles. The van der Waals surface area contributed by atoms with Gasteiger partial charge in [0, 0.05) is 32.0 Å². The first-order valence-electron chi connectivity index (χ1n) is 12.4. The molecule has 41 heavy (non-hydrogen) atoms. The molecular weight excluding hydrogens is 591 g/mol. The van der Waals surface area contributed by atoms with Gasteiger partial charge in [-0.3, -0.25) is 9.78 Å². The zero-order valence-corrected chi connectivity index (χ0v) is 24.7. The molecule has 1 aliphatic heterocycles. The minimum atomic E-state index is -1.06. The average molecular weight is 615 g/mol. The number of nitrogens with zero attached hydrogens (tertiary/aromatic N) is 3. The standard InChI is InChI=1S/C28H24Cl2N4O6S/c1-27(2)13-39-24(37)22(27)40-23(36)21-20(14-8-6-5-7-9-14)33-25(41-21)28(3,4)19-16(29)10-15(11-17(19)30)34-26(38)32-18(35)12-31-34/h5-12,22H,13H2,1-4H3,(H,32,35,38). The van der Waals surface area contributed by atoms with E-state index in [0.717, 1.165) is 22.2 Å². The first kappa shape index (κ1) is 28.7. The van der Waals surface area contributed by atoms with Gasteiger partial charge in [-0.1, -0.05) is 67.4 Å². The zero-order chi connectivity index (χ0) is 29.7. The average Bonchev–Trinajstić information content (AvgIpc) is 3.46. The number of H-pyrrole nitrogens is 1. The summed E-state index contributed by atoms with van der Waals surface area (Å²) in [7, 11) is 0. The molecule has 2 aromatic heterocycles. The van der Waals surface area contributed by atoms with Crippen LogP contribution in [-0.2, 0) is 19.7 Å². The van der Waals surface area contributed by atoms with Gasteiger partial charge in [-0.05, 0) is 26.0 Å². The summed E-state index contributed by atoms with van der Waals surface area (Å²) >= 11 is 14.6. The number of thiazole rings is 1. The van der Waals surface area contributed by atoms with Crippen LogP contribution in [0.5, 0.6) is 0 Å². The molecule has 1 N–H and O–H groups in total. The molecule has 4 aromatic rings. The zero-order valence-electron chi connectivity index (χ0n) is 22.4. The second-order valence-corrected chi connectivity index (χ2v) is 12.5. The highest BCUT2D eigenvalue weighted by Gasteiger charge is 2.47. The number of hydrogen-bond donors (Lipinski definition) is 1. The monoisotopic (exact) mass is 614 g/mol. The summed E-state index contributed by atoms with van der Waals surface area (Å²) in [6.07, 6.45) is -0.0899. The number of benzene rings is 2. The van der Waals surface area contributed by atoms with Crippen LogP contribution in [0, 0.1) is 5.41 Å². The maximum absolute atomic E-state index is 13.5. The van der Waals surface area contributed by atoms with Gasteiger partial charge in [-0.25, -0.2) is 19.4 Å². The molecule has 0 radical (unpaired) electrons. The molecule has 0 aliphatic carbocycles. The Balaban J connectivity index is 1.59. The molecule has 0 bridgehead atoms. The Morgan fingerprint density at radius 2 is 1.80 bits per heavy atom. The van der Waals surface area contributed by atoms with Gasteiger partial charge in [0.05, 0.1) is 11.4 Å². The van der Waals surface area contributed by atoms with Crippen molar-refractivity contribution in [2.75, 3.05) is 6.61 Å². The summed E-state index contributed by atoms with van der Waals surface area (Å²) < 4.78 is 11.8. The van der Waals surface area contributed by atoms with Crippen LogP contribution in [0.4, 0.5) is 0 Å². The number of cyclic esters (lactones) is 1. The number of aromatic nitrogens is 4. The fourth-order valence-electron chi connectivity index (χ4n) is 4.54. The SMILES string of the molecule is CC(C)(c1nc(-c2ccccc2)c(C(=O)OC2C(=O)OCC2(C)C)s1)c1c(Cl)cc(-n2ncc(=O)[nH]c2=O)cc1Cl. The van der Waals surface area contributed by atoms with E-state index in [-0.39, 0.29) is 27.2 Å². The summed E-state index contributed by atoms with van der Waals surface area (Å²) in [5, 5.41) is 4.79. The summed E-state index contributed by atoms with van der Waals surface area (Å²) in [6.45, 7) is 7.43. The van der Waals surface area contributed by atoms with Gasteiger partial charge in [0.15, 0.2) is 0 Å². The predicted octanol–water partition coefficient (Wildman–Crippen LogP) is 4.79. The Labute approximate surface area is 247 Å². The number of rotatable bonds is 6. The Morgan fingerprint density at radius 3 is 2.39 bits per heavy atom. The number of nitrogens with one attached hydrogen (secondary N) is 1. The van der Waals surface area contributed by atoms with E-state index in [4.69, 9.17) is 37.7 Å². The number of carbonyl (C=O) groups is 2. The molecular formula is C28H24Cl2N4O6S. The molecule has 5 rings (SSSR count). The first-order chi connectivity index (χ1) is 19.3. The van der Waals surface area contributed by atoms with Gasteiger partial charge in [0.25, 0.3) is 5.56 Å². The highest BCUT2D eigenvalue weighted by molar-refractivity contribution is 7.14. The maximum atomic E-state index is 13.5. The van der Waals surface area contributed by atoms with E-state index in [1.54, 1.807) is 13.8 Å². The molecule has 0 spiro atoms. The van der Waals surface area contributed by atoms with Crippen LogP contribution < -0.4 is 11.2 Å². The summed E-state index contributed by atoms with van der Waals surface area (Å²) in [4.78, 5) is 56.7. The summed E-state index contributed by atoms with van der Waals surface area (Å²) in [5.41, 5.74) is -1.17. The molecule has 1 atom stereocenters. The number of halogens is 2. The lowest BCUT2D eigenvalue weighted by molar-refractivity contribution is -0.145. The van der Waals surface area contributed by atoms with Crippen molar-refractivity contribution in [2.24, 2.45) is 5.41 Å². The highest BCUT2D eigenvalue weighted by atomic mass is 35.5. The minimum Gasteiger partial charge on any atom is -0.462 e. The number of carbonyl (C=O) groups excluding carboxylic acids is 2. The summed E-state index contributed by atoms with van der Waals surface area (Å²) in [6, 6.07) is 12.1. The lowest BCUT2D eigenvalue weighted by Gasteiger charge is -2.26. The van der Waals surface area contributed by atoms with Crippen LogP contribution in [0.1, 0.15) is 47.9 Å². The van der Waals surface area contributed by atoms with E-state index in [1.807, 2.05) is 44.2 Å². The lowest BCUT2D eigenvalue weighted by atomic mass is 9.85. The molecule has 0 amide bonds. The number of aromatic amines is 1. The molecule has 212 valence electrons. The third-order valence-electron chi connectivity index (χ3n) is 6.74. The molecule has 1 fully saturated rings. The van der Waals surface area contributed by atoms with Crippen LogP contribution in [0.3, 0.4) is 0 Å². The Kier molecular flexibility index (Phi) is 7.39. The fourth-order valence-corrected chi connectivity index (χ4v) is 6.56. The second-order valence-electron chi connectivity index (χ2n) is 10.7. The molecule has 3 heterocycles. The third-order valence-corrected chi connectivity index (χ3v) is 8.69. The highest BCUT2D eigenvalue weighted by Crippen LogP contribution is 2.45. The molecule has 1 aliphatic rings. The third kappa shape index (κ3) is 5.32. The van der Waals surface area contributed by atoms with E-state index >= 15 is 0 Å². The van der Waals surface area contributed by atoms with Gasteiger partial charge in [-0.2, -0.15) is 9.78 Å². The molecule has 2 aromatic carbocycles. The predicted molar refractivity (Wildman–Crippen MR) is 154 cm³/mol. The Bertz CT molecular complexity index is 1770. The largest absolute Gasteiger partial charge is 0.462 e. The van der Waals surface area contributed by atoms with E-state index in [1.165, 1.54) is 12.1 Å². The van der Waals surface area contributed by atoms with Gasteiger partial charge in [0.1, 0.15) is 22.7 Å². The summed E-state index contributed by atoms with van der Waals surface area (Å²) in [5.74, 6) is -1.29. The van der Waals surface area contributed by atoms with Crippen LogP contribution in [0.25, 0.3) is 16.9 Å². The topological polar surface area (TPSA) is 133 Å². The van der Waals surface area contributed by atoms with Crippen LogP contribution in [0.2, 0.25) is 10.0 Å². The van der Waals surface area contributed by atoms with E-state index < -0.39 is 40.1 Å². The van der Waals surface area contributed by atoms with Gasteiger partial charge in [-0.15, -0.1) is 11.3 Å². The molecule has 10 nitrogen and oxygen atoms in total. The van der Waals surface area contributed by atoms with Crippen molar-refractivity contribution >= 4 is 46.5 Å². The number of esters is 2. The molecule has 13 heteroatoms. The number of hydrogen-bond acceptors (Lipinski definition) is 9. The van der Waals surface area contributed by atoms with Gasteiger partial charge >= 0.3 is 17.6 Å². The Hall–Kier alpha value is -3.80. The van der Waals surface area contributed by atoms with Crippen molar-refractivity contribution in [3.63, 3.8) is 0 Å². The van der Waals surface area contributed by atoms with Gasteiger partial charge in [0.2, 0.25) is 6.10 Å². The molecule has 0 saturated carbocycles. The van der Waals surface area contributed by atoms with Crippen LogP contribution in [-0.4, -0.2) is 44.4 Å².